The fourth-order valence-corrected chi connectivity index (χ4v) is 8.16. The average molecular weight is 1020 g/mol. The van der Waals surface area contributed by atoms with E-state index in [4.69, 9.17) is 9.47 Å². The lowest BCUT2D eigenvalue weighted by atomic mass is 10.1. The fraction of sp³-hybridized carbons (Fsp3) is 0.933. The molecule has 2 atom stereocenters. The number of ether oxygens (including phenoxy) is 2. The molecule has 0 rings (SSSR count). The van der Waals surface area contributed by atoms with Gasteiger partial charge >= 0.3 is 11.9 Å². The minimum atomic E-state index is -0.542. The Hall–Kier alpha value is 2.21. The van der Waals surface area contributed by atoms with Gasteiger partial charge in [0.2, 0.25) is 3.23 Å². The van der Waals surface area contributed by atoms with E-state index in [0.717, 1.165) is 38.5 Å². The Morgan fingerprint density at radius 3 is 1.15 bits per heavy atom. The monoisotopic (exact) mass is 1020 g/mol. The van der Waals surface area contributed by atoms with E-state index in [9.17, 15) is 9.59 Å². The first-order chi connectivity index (χ1) is 18.5. The van der Waals surface area contributed by atoms with E-state index >= 15 is 0 Å². The van der Waals surface area contributed by atoms with Gasteiger partial charge in [-0.15, -0.1) is 11.8 Å². The third-order valence-corrected chi connectivity index (χ3v) is 11.2. The van der Waals surface area contributed by atoms with Gasteiger partial charge in [0, 0.05) is 12.8 Å². The lowest BCUT2D eigenvalue weighted by Gasteiger charge is -2.28. The summed E-state index contributed by atoms with van der Waals surface area (Å²) in [5.74, 6) is -0.387. The summed E-state index contributed by atoms with van der Waals surface area (Å²) in [4.78, 5) is 26.5. The van der Waals surface area contributed by atoms with Crippen LogP contribution in [0.15, 0.2) is 0 Å². The molecule has 0 aliphatic heterocycles. The highest BCUT2D eigenvalue weighted by molar-refractivity contribution is 14.2. The van der Waals surface area contributed by atoms with Crippen molar-refractivity contribution in [1.29, 1.82) is 0 Å². The van der Waals surface area contributed by atoms with Crippen molar-refractivity contribution in [2.45, 2.75) is 170 Å². The number of carbonyl (C=O) groups is 2. The smallest absolute Gasteiger partial charge is 0.321 e. The van der Waals surface area contributed by atoms with Gasteiger partial charge in [-0.2, -0.15) is 0 Å². The van der Waals surface area contributed by atoms with E-state index in [1.807, 2.05) is 0 Å². The molecule has 232 valence electrons. The van der Waals surface area contributed by atoms with Gasteiger partial charge in [0.05, 0.1) is 0 Å². The Bertz CT molecular complexity index is 582. The maximum atomic E-state index is 13.3. The van der Waals surface area contributed by atoms with E-state index in [0.29, 0.717) is 12.8 Å². The van der Waals surface area contributed by atoms with Gasteiger partial charge in [-0.05, 0) is 116 Å². The SMILES string of the molecule is CCCCCCCCCC(I)(I)OC(=O)C(CCC)SC(CCC)C(=O)OC(I)(I)CCCCCCCCC. The van der Waals surface area contributed by atoms with Crippen molar-refractivity contribution < 1.29 is 19.1 Å². The molecule has 4 nitrogen and oxygen atoms in total. The summed E-state index contributed by atoms with van der Waals surface area (Å²) in [6.07, 6.45) is 22.2. The summed E-state index contributed by atoms with van der Waals surface area (Å²) in [5, 5.41) is -0.698. The van der Waals surface area contributed by atoms with Crippen LogP contribution in [0.4, 0.5) is 0 Å². The topological polar surface area (TPSA) is 52.6 Å². The van der Waals surface area contributed by atoms with Crippen molar-refractivity contribution in [3.05, 3.63) is 0 Å². The average Bonchev–Trinajstić information content (AvgIpc) is 2.86. The third-order valence-electron chi connectivity index (χ3n) is 6.60. The van der Waals surface area contributed by atoms with Crippen LogP contribution in [0.5, 0.6) is 0 Å². The Morgan fingerprint density at radius 1 is 0.538 bits per heavy atom. The highest BCUT2D eigenvalue weighted by Gasteiger charge is 2.36. The Balaban J connectivity index is 4.84. The Kier molecular flexibility index (Phi) is 27.0. The summed E-state index contributed by atoms with van der Waals surface area (Å²) in [6, 6.07) is 0. The first kappa shape index (κ1) is 41.2. The normalized spacial score (nSPS) is 13.7. The van der Waals surface area contributed by atoms with Crippen LogP contribution >= 0.6 is 102 Å². The fourth-order valence-electron chi connectivity index (χ4n) is 4.31. The molecule has 39 heavy (non-hydrogen) atoms. The molecule has 0 saturated heterocycles. The second kappa shape index (κ2) is 25.5. The molecule has 0 aromatic carbocycles. The van der Waals surface area contributed by atoms with Crippen LogP contribution in [0.25, 0.3) is 0 Å². The quantitative estimate of drug-likeness (QED) is 0.0374. The summed E-state index contributed by atoms with van der Waals surface area (Å²) >= 11 is 10.6. The van der Waals surface area contributed by atoms with Gasteiger partial charge < -0.3 is 9.47 Å². The zero-order valence-electron chi connectivity index (χ0n) is 24.8. The van der Waals surface area contributed by atoms with Crippen LogP contribution in [0.1, 0.15) is 156 Å². The Labute approximate surface area is 299 Å². The number of hydrogen-bond acceptors (Lipinski definition) is 5. The number of rotatable bonds is 26. The predicted molar refractivity (Wildman–Crippen MR) is 204 cm³/mol. The molecule has 0 fully saturated rings. The number of unbranched alkanes of at least 4 members (excludes halogenated alkanes) is 12. The highest BCUT2D eigenvalue weighted by atomic mass is 127. The van der Waals surface area contributed by atoms with Gasteiger partial charge in [0.1, 0.15) is 10.5 Å². The van der Waals surface area contributed by atoms with Crippen molar-refractivity contribution in [1.82, 2.24) is 0 Å². The minimum absolute atomic E-state index is 0.194. The van der Waals surface area contributed by atoms with Gasteiger partial charge in [-0.1, -0.05) is 118 Å². The van der Waals surface area contributed by atoms with Crippen molar-refractivity contribution in [2.24, 2.45) is 0 Å². The number of hydrogen-bond donors (Lipinski definition) is 0. The van der Waals surface area contributed by atoms with Gasteiger partial charge in [-0.3, -0.25) is 9.59 Å². The molecule has 0 N–H and O–H groups in total. The summed E-state index contributed by atoms with van der Waals surface area (Å²) in [6.45, 7) is 8.64. The molecule has 0 aliphatic rings. The van der Waals surface area contributed by atoms with Crippen LogP contribution in [-0.2, 0) is 19.1 Å². The molecule has 9 heteroatoms. The van der Waals surface area contributed by atoms with Crippen LogP contribution in [0, 0.1) is 0 Å². The van der Waals surface area contributed by atoms with E-state index in [2.05, 4.69) is 118 Å². The third kappa shape index (κ3) is 23.3. The number of thioether (sulfide) groups is 1. The van der Waals surface area contributed by atoms with Gasteiger partial charge in [-0.25, -0.2) is 0 Å². The number of halogens is 4. The van der Waals surface area contributed by atoms with E-state index in [-0.39, 0.29) is 22.4 Å². The molecule has 0 aromatic heterocycles. The molecule has 2 unspecified atom stereocenters. The first-order valence-corrected chi connectivity index (χ1v) is 20.6. The standard InChI is InChI=1S/C30H54I4O4S/c1-5-9-11-13-15-17-19-23-29(31,32)37-27(35)25(21-7-3)39-26(22-8-4)28(36)38-30(33,34)24-20-18-16-14-12-10-6-2/h25-26H,5-24H2,1-4H3. The molecule has 0 aliphatic carbocycles. The summed E-state index contributed by atoms with van der Waals surface area (Å²) in [5.41, 5.74) is 0. The largest absolute Gasteiger partial charge is 0.438 e. The van der Waals surface area contributed by atoms with Crippen molar-refractivity contribution in [3.63, 3.8) is 0 Å². The molecule has 0 aromatic rings. The second-order valence-corrected chi connectivity index (χ2v) is 23.1. The van der Waals surface area contributed by atoms with E-state index in [1.165, 1.54) is 88.8 Å². The second-order valence-electron chi connectivity index (χ2n) is 10.6. The molecule has 0 radical (unpaired) electrons. The van der Waals surface area contributed by atoms with Crippen molar-refractivity contribution in [3.8, 4) is 0 Å². The van der Waals surface area contributed by atoms with Gasteiger partial charge in [0.15, 0.2) is 0 Å². The van der Waals surface area contributed by atoms with Crippen LogP contribution < -0.4 is 0 Å². The number of alkyl halides is 4. The molecule has 0 bridgehead atoms. The van der Waals surface area contributed by atoms with Crippen LogP contribution in [0.3, 0.4) is 0 Å². The Morgan fingerprint density at radius 2 is 0.846 bits per heavy atom. The maximum absolute atomic E-state index is 13.3. The predicted octanol–water partition coefficient (Wildman–Crippen LogP) is 12.5. The van der Waals surface area contributed by atoms with Crippen LogP contribution in [0.2, 0.25) is 0 Å². The molecule has 0 spiro atoms. The number of esters is 2. The summed E-state index contributed by atoms with van der Waals surface area (Å²) < 4.78 is 10.9. The van der Waals surface area contributed by atoms with Crippen molar-refractivity contribution >= 4 is 114 Å². The minimum Gasteiger partial charge on any atom is -0.438 e. The zero-order valence-corrected chi connectivity index (χ0v) is 34.3. The van der Waals surface area contributed by atoms with Crippen LogP contribution in [-0.4, -0.2) is 25.7 Å². The van der Waals surface area contributed by atoms with Gasteiger partial charge in [0.25, 0.3) is 0 Å². The highest BCUT2D eigenvalue weighted by Crippen LogP contribution is 2.39. The molecular formula is C30H54I4O4S. The maximum Gasteiger partial charge on any atom is 0.321 e. The number of carbonyl (C=O) groups excluding carboxylic acids is 2. The zero-order chi connectivity index (χ0) is 29.6. The molecular weight excluding hydrogens is 964 g/mol. The lowest BCUT2D eigenvalue weighted by Crippen LogP contribution is -2.33. The molecule has 0 amide bonds. The van der Waals surface area contributed by atoms with Crippen molar-refractivity contribution in [2.75, 3.05) is 0 Å². The lowest BCUT2D eigenvalue weighted by molar-refractivity contribution is -0.144. The first-order valence-electron chi connectivity index (χ1n) is 15.4. The van der Waals surface area contributed by atoms with E-state index < -0.39 is 3.23 Å². The summed E-state index contributed by atoms with van der Waals surface area (Å²) in [7, 11) is 0. The molecule has 0 heterocycles. The molecule has 0 saturated carbocycles. The van der Waals surface area contributed by atoms with E-state index in [1.54, 1.807) is 0 Å².